The molecule has 1 N–H and O–H groups in total. The number of benzene rings is 2. The maximum atomic E-state index is 13.1. The number of aryl methyl sites for hydroxylation is 1. The molecule has 2 aromatic rings. The van der Waals surface area contributed by atoms with E-state index in [1.807, 2.05) is 36.9 Å². The van der Waals surface area contributed by atoms with Crippen LogP contribution in [0.2, 0.25) is 0 Å². The van der Waals surface area contributed by atoms with Gasteiger partial charge >= 0.3 is 0 Å². The molecule has 0 bridgehead atoms. The van der Waals surface area contributed by atoms with Crippen molar-refractivity contribution in [3.63, 3.8) is 0 Å². The Morgan fingerprint density at radius 2 is 1.88 bits per heavy atom. The zero-order chi connectivity index (χ0) is 23.0. The van der Waals surface area contributed by atoms with Crippen LogP contribution in [0.4, 0.5) is 11.4 Å². The van der Waals surface area contributed by atoms with Crippen LogP contribution in [0.1, 0.15) is 37.3 Å². The normalized spacial score (nSPS) is 18.4. The van der Waals surface area contributed by atoms with E-state index in [2.05, 4.69) is 5.32 Å². The largest absolute Gasteiger partial charge is 0.325 e. The van der Waals surface area contributed by atoms with Gasteiger partial charge in [-0.3, -0.25) is 9.59 Å². The number of nitrogens with zero attached hydrogens (tertiary/aromatic N) is 2. The number of carbonyl (C=O) groups is 2. The Morgan fingerprint density at radius 1 is 1.16 bits per heavy atom. The Morgan fingerprint density at radius 3 is 2.53 bits per heavy atom. The minimum absolute atomic E-state index is 0.00803. The number of fused-ring (bicyclic) bond motifs is 1. The van der Waals surface area contributed by atoms with Crippen LogP contribution in [0.5, 0.6) is 0 Å². The molecule has 170 valence electrons. The van der Waals surface area contributed by atoms with Gasteiger partial charge in [-0.2, -0.15) is 4.31 Å². The second kappa shape index (κ2) is 8.67. The van der Waals surface area contributed by atoms with Gasteiger partial charge in [-0.1, -0.05) is 24.6 Å². The SMILES string of the molecule is Cc1ccccc1NC(=O)CN(C)S(=O)(=O)c1ccc2c(c1)C[C@H](C)N2C(=O)C1CCC1. The molecule has 0 unspecified atom stereocenters. The molecule has 8 heteroatoms. The zero-order valence-corrected chi connectivity index (χ0v) is 19.5. The molecule has 7 nitrogen and oxygen atoms in total. The van der Waals surface area contributed by atoms with E-state index in [9.17, 15) is 18.0 Å². The first-order valence-corrected chi connectivity index (χ1v) is 12.4. The fourth-order valence-electron chi connectivity index (χ4n) is 4.33. The molecule has 1 saturated carbocycles. The van der Waals surface area contributed by atoms with E-state index in [1.54, 1.807) is 18.2 Å². The summed E-state index contributed by atoms with van der Waals surface area (Å²) < 4.78 is 27.3. The summed E-state index contributed by atoms with van der Waals surface area (Å²) in [4.78, 5) is 27.2. The van der Waals surface area contributed by atoms with Gasteiger partial charge in [0, 0.05) is 30.4 Å². The molecule has 0 spiro atoms. The van der Waals surface area contributed by atoms with Gasteiger partial charge in [-0.15, -0.1) is 0 Å². The molecular formula is C24H29N3O4S. The number of para-hydroxylation sites is 1. The lowest BCUT2D eigenvalue weighted by atomic mass is 9.84. The molecule has 4 rings (SSSR count). The number of amides is 2. The Labute approximate surface area is 189 Å². The summed E-state index contributed by atoms with van der Waals surface area (Å²) in [5.41, 5.74) is 3.21. The summed E-state index contributed by atoms with van der Waals surface area (Å²) in [6.45, 7) is 3.57. The first kappa shape index (κ1) is 22.5. The van der Waals surface area contributed by atoms with E-state index in [-0.39, 0.29) is 29.3 Å². The molecule has 0 aromatic heterocycles. The average Bonchev–Trinajstić information content (AvgIpc) is 3.03. The molecular weight excluding hydrogens is 426 g/mol. The number of sulfonamides is 1. The lowest BCUT2D eigenvalue weighted by molar-refractivity contribution is -0.125. The third-order valence-electron chi connectivity index (χ3n) is 6.45. The molecule has 1 aliphatic carbocycles. The van der Waals surface area contributed by atoms with Crippen molar-refractivity contribution in [1.29, 1.82) is 0 Å². The van der Waals surface area contributed by atoms with Crippen LogP contribution in [0, 0.1) is 12.8 Å². The molecule has 32 heavy (non-hydrogen) atoms. The minimum atomic E-state index is -3.85. The highest BCUT2D eigenvalue weighted by Crippen LogP contribution is 2.38. The molecule has 2 amide bonds. The summed E-state index contributed by atoms with van der Waals surface area (Å²) in [6.07, 6.45) is 3.57. The monoisotopic (exact) mass is 455 g/mol. The van der Waals surface area contributed by atoms with Crippen molar-refractivity contribution in [2.24, 2.45) is 5.92 Å². The molecule has 0 saturated heterocycles. The van der Waals surface area contributed by atoms with E-state index in [4.69, 9.17) is 0 Å². The lowest BCUT2D eigenvalue weighted by Gasteiger charge is -2.32. The van der Waals surface area contributed by atoms with Gasteiger partial charge in [0.2, 0.25) is 21.8 Å². The van der Waals surface area contributed by atoms with Crippen LogP contribution in [-0.4, -0.2) is 44.2 Å². The van der Waals surface area contributed by atoms with Crippen molar-refractivity contribution in [2.75, 3.05) is 23.8 Å². The Kier molecular flexibility index (Phi) is 6.09. The van der Waals surface area contributed by atoms with Gasteiger partial charge in [-0.05, 0) is 68.5 Å². The van der Waals surface area contributed by atoms with Crippen molar-refractivity contribution < 1.29 is 18.0 Å². The van der Waals surface area contributed by atoms with Crippen LogP contribution < -0.4 is 10.2 Å². The molecule has 2 aliphatic rings. The van der Waals surface area contributed by atoms with E-state index >= 15 is 0 Å². The number of hydrogen-bond acceptors (Lipinski definition) is 4. The highest BCUT2D eigenvalue weighted by Gasteiger charge is 2.37. The summed E-state index contributed by atoms with van der Waals surface area (Å²) in [7, 11) is -2.46. The van der Waals surface area contributed by atoms with Crippen LogP contribution >= 0.6 is 0 Å². The van der Waals surface area contributed by atoms with Crippen molar-refractivity contribution >= 4 is 33.2 Å². The fourth-order valence-corrected chi connectivity index (χ4v) is 5.50. The van der Waals surface area contributed by atoms with Crippen LogP contribution in [0.3, 0.4) is 0 Å². The van der Waals surface area contributed by atoms with Gasteiger partial charge in [0.25, 0.3) is 0 Å². The Bertz CT molecular complexity index is 1160. The molecule has 2 aromatic carbocycles. The Balaban J connectivity index is 1.49. The van der Waals surface area contributed by atoms with E-state index in [0.717, 1.165) is 40.4 Å². The Hall–Kier alpha value is -2.71. The predicted octanol–water partition coefficient (Wildman–Crippen LogP) is 3.33. The number of rotatable bonds is 6. The maximum absolute atomic E-state index is 13.1. The third-order valence-corrected chi connectivity index (χ3v) is 8.25. The lowest BCUT2D eigenvalue weighted by Crippen LogP contribution is -2.42. The number of likely N-dealkylation sites (N-methyl/N-ethyl adjacent to an activating group) is 1. The quantitative estimate of drug-likeness (QED) is 0.724. The van der Waals surface area contributed by atoms with Crippen LogP contribution in [-0.2, 0) is 26.0 Å². The van der Waals surface area contributed by atoms with Crippen molar-refractivity contribution in [3.05, 3.63) is 53.6 Å². The molecule has 1 fully saturated rings. The summed E-state index contributed by atoms with van der Waals surface area (Å²) in [5, 5.41) is 2.76. The smallest absolute Gasteiger partial charge is 0.243 e. The second-order valence-electron chi connectivity index (χ2n) is 8.80. The minimum Gasteiger partial charge on any atom is -0.325 e. The van der Waals surface area contributed by atoms with E-state index < -0.39 is 15.9 Å². The van der Waals surface area contributed by atoms with Crippen molar-refractivity contribution in [2.45, 2.75) is 50.5 Å². The highest BCUT2D eigenvalue weighted by atomic mass is 32.2. The van der Waals surface area contributed by atoms with E-state index in [0.29, 0.717) is 12.1 Å². The molecule has 0 radical (unpaired) electrons. The molecule has 1 atom stereocenters. The summed E-state index contributed by atoms with van der Waals surface area (Å²) >= 11 is 0. The van der Waals surface area contributed by atoms with E-state index in [1.165, 1.54) is 13.1 Å². The number of anilines is 2. The first-order valence-electron chi connectivity index (χ1n) is 11.0. The van der Waals surface area contributed by atoms with Gasteiger partial charge < -0.3 is 10.2 Å². The molecule has 1 aliphatic heterocycles. The van der Waals surface area contributed by atoms with Gasteiger partial charge in [0.15, 0.2) is 0 Å². The number of carbonyl (C=O) groups excluding carboxylic acids is 2. The van der Waals surface area contributed by atoms with Gasteiger partial charge in [0.1, 0.15) is 0 Å². The number of hydrogen-bond donors (Lipinski definition) is 1. The first-order chi connectivity index (χ1) is 15.2. The van der Waals surface area contributed by atoms with Crippen LogP contribution in [0.15, 0.2) is 47.4 Å². The van der Waals surface area contributed by atoms with Gasteiger partial charge in [0.05, 0.1) is 11.4 Å². The van der Waals surface area contributed by atoms with Crippen LogP contribution in [0.25, 0.3) is 0 Å². The second-order valence-corrected chi connectivity index (χ2v) is 10.8. The summed E-state index contributed by atoms with van der Waals surface area (Å²) in [5.74, 6) is -0.176. The standard InChI is InChI=1S/C24H29N3O4S/c1-16-7-4-5-10-21(16)25-23(28)15-26(3)32(30,31)20-11-12-22-19(14-20)13-17(2)27(22)24(29)18-8-6-9-18/h4-5,7,10-12,14,17-18H,6,8-9,13,15H2,1-3H3,(H,25,28)/t17-/m0/s1. The highest BCUT2D eigenvalue weighted by molar-refractivity contribution is 7.89. The maximum Gasteiger partial charge on any atom is 0.243 e. The van der Waals surface area contributed by atoms with Crippen molar-refractivity contribution in [3.8, 4) is 0 Å². The predicted molar refractivity (Wildman–Crippen MR) is 124 cm³/mol. The molecule has 1 heterocycles. The zero-order valence-electron chi connectivity index (χ0n) is 18.7. The number of nitrogens with one attached hydrogen (secondary N) is 1. The van der Waals surface area contributed by atoms with Crippen molar-refractivity contribution in [1.82, 2.24) is 4.31 Å². The average molecular weight is 456 g/mol. The fraction of sp³-hybridized carbons (Fsp3) is 0.417. The van der Waals surface area contributed by atoms with Gasteiger partial charge in [-0.25, -0.2) is 8.42 Å². The summed E-state index contributed by atoms with van der Waals surface area (Å²) in [6, 6.07) is 12.2. The third kappa shape index (κ3) is 4.17. The topological polar surface area (TPSA) is 86.8 Å².